The van der Waals surface area contributed by atoms with E-state index in [1.165, 1.54) is 67.9 Å². The molecule has 2 radical (unpaired) electrons. The van der Waals surface area contributed by atoms with Gasteiger partial charge in [-0.25, -0.2) is 11.1 Å². The van der Waals surface area contributed by atoms with Crippen LogP contribution in [0.1, 0.15) is 63.8 Å². The van der Waals surface area contributed by atoms with Crippen molar-refractivity contribution in [3.8, 4) is 0 Å². The molecule has 0 saturated carbocycles. The molecule has 0 saturated heterocycles. The number of hydrogen-bond acceptors (Lipinski definition) is 0. The number of halogens is 2. The Morgan fingerprint density at radius 2 is 1.03 bits per heavy atom. The van der Waals surface area contributed by atoms with Crippen LogP contribution in [-0.2, 0) is 36.2 Å². The molecule has 0 fully saturated rings. The average molecular weight is 617 g/mol. The molecule has 0 aliphatic heterocycles. The van der Waals surface area contributed by atoms with Crippen LogP contribution in [0.25, 0.3) is 11.1 Å². The summed E-state index contributed by atoms with van der Waals surface area (Å²) in [6.07, 6.45) is 13.6. The van der Waals surface area contributed by atoms with Gasteiger partial charge in [-0.05, 0) is 24.0 Å². The van der Waals surface area contributed by atoms with E-state index in [0.29, 0.717) is 11.8 Å². The SMILES string of the molecule is CCc1cccc(C2=CC(C)[C-]=C2C)c1.CCc1cccc(C2=CC(C)[C-]=C2C)c1.Cl.Cl.[CH3-].[CH3-].[Si]=[Zr]. The Bertz CT molecular complexity index is 966. The quantitative estimate of drug-likeness (QED) is 0.237. The van der Waals surface area contributed by atoms with Crippen molar-refractivity contribution in [1.82, 2.24) is 0 Å². The average Bonchev–Trinajstić information content (AvgIpc) is 3.34. The van der Waals surface area contributed by atoms with Crippen molar-refractivity contribution in [3.05, 3.63) is 121 Å². The van der Waals surface area contributed by atoms with E-state index in [-0.39, 0.29) is 39.7 Å². The van der Waals surface area contributed by atoms with Crippen LogP contribution in [0, 0.1) is 38.8 Å². The first kappa shape index (κ1) is 39.6. The number of hydrogen-bond donors (Lipinski definition) is 0. The molecular formula is C32H42Cl2SiZr-4. The van der Waals surface area contributed by atoms with E-state index in [2.05, 4.69) is 121 Å². The molecule has 36 heavy (non-hydrogen) atoms. The van der Waals surface area contributed by atoms with Crippen LogP contribution in [-0.4, -0.2) is 6.88 Å². The topological polar surface area (TPSA) is 0 Å². The predicted octanol–water partition coefficient (Wildman–Crippen LogP) is 9.42. The molecule has 0 bridgehead atoms. The zero-order valence-corrected chi connectivity index (χ0v) is 28.2. The summed E-state index contributed by atoms with van der Waals surface area (Å²) in [5, 5.41) is 0. The van der Waals surface area contributed by atoms with E-state index in [4.69, 9.17) is 0 Å². The number of rotatable bonds is 4. The fourth-order valence-electron chi connectivity index (χ4n) is 4.21. The Hall–Kier alpha value is -0.920. The van der Waals surface area contributed by atoms with Crippen LogP contribution in [0.15, 0.2) is 71.8 Å². The molecule has 0 aromatic heterocycles. The van der Waals surface area contributed by atoms with Crippen molar-refractivity contribution in [2.45, 2.75) is 54.4 Å². The molecule has 2 aromatic carbocycles. The van der Waals surface area contributed by atoms with Gasteiger partial charge in [0, 0.05) is 0 Å². The third-order valence-electron chi connectivity index (χ3n) is 5.82. The monoisotopic (exact) mass is 614 g/mol. The van der Waals surface area contributed by atoms with Crippen molar-refractivity contribution in [1.29, 1.82) is 0 Å². The summed E-state index contributed by atoms with van der Waals surface area (Å²) in [6, 6.07) is 17.6. The van der Waals surface area contributed by atoms with Crippen LogP contribution < -0.4 is 0 Å². The molecule has 4 rings (SSSR count). The third kappa shape index (κ3) is 11.2. The van der Waals surface area contributed by atoms with Crippen LogP contribution in [0.2, 0.25) is 0 Å². The predicted molar refractivity (Wildman–Crippen MR) is 164 cm³/mol. The zero-order chi connectivity index (χ0) is 23.7. The Morgan fingerprint density at radius 1 is 0.694 bits per heavy atom. The van der Waals surface area contributed by atoms with Gasteiger partial charge in [0.05, 0.1) is 0 Å². The molecule has 4 heteroatoms. The Morgan fingerprint density at radius 3 is 1.28 bits per heavy atom. The Balaban J connectivity index is -0.000000513. The molecule has 2 atom stereocenters. The summed E-state index contributed by atoms with van der Waals surface area (Å²) in [7, 11) is 0. The van der Waals surface area contributed by atoms with Crippen LogP contribution >= 0.6 is 24.8 Å². The van der Waals surface area contributed by atoms with Gasteiger partial charge in [0.15, 0.2) is 0 Å². The van der Waals surface area contributed by atoms with Crippen molar-refractivity contribution in [2.24, 2.45) is 11.8 Å². The van der Waals surface area contributed by atoms with E-state index in [1.54, 1.807) is 0 Å². The molecule has 0 heterocycles. The standard InChI is InChI=1S/2C15H17.2CH3.2ClH.Si.Zr/c2*1-4-13-6-5-7-14(10-13)15-9-11(2)8-12(15)3;;;;;;/h2*5-7,9-11H,4H2,1-3H3;2*1H3;2*1H;;/q4*-1;;;;. The first-order valence-corrected chi connectivity index (χ1v) is 15.7. The molecule has 2 aliphatic rings. The molecule has 0 N–H and O–H groups in total. The molecule has 0 amide bonds. The van der Waals surface area contributed by atoms with Crippen molar-refractivity contribution < 1.29 is 23.3 Å². The van der Waals surface area contributed by atoms with Crippen molar-refractivity contribution in [2.75, 3.05) is 0 Å². The van der Waals surface area contributed by atoms with Crippen LogP contribution in [0.3, 0.4) is 0 Å². The summed E-state index contributed by atoms with van der Waals surface area (Å²) in [6.45, 7) is 16.1. The van der Waals surface area contributed by atoms with E-state index in [0.717, 1.165) is 12.8 Å². The number of benzene rings is 2. The summed E-state index contributed by atoms with van der Waals surface area (Å²) in [5.41, 5.74) is 10.8. The zero-order valence-electron chi connectivity index (χ0n) is 23.2. The van der Waals surface area contributed by atoms with E-state index in [9.17, 15) is 0 Å². The maximum absolute atomic E-state index is 3.43. The van der Waals surface area contributed by atoms with Crippen LogP contribution in [0.4, 0.5) is 0 Å². The van der Waals surface area contributed by atoms with E-state index in [1.807, 2.05) is 0 Å². The van der Waals surface area contributed by atoms with E-state index >= 15 is 0 Å². The van der Waals surface area contributed by atoms with Gasteiger partial charge in [-0.3, -0.25) is 12.2 Å². The van der Waals surface area contributed by atoms with Crippen molar-refractivity contribution in [3.63, 3.8) is 0 Å². The fourth-order valence-corrected chi connectivity index (χ4v) is 4.21. The number of aryl methyl sites for hydroxylation is 2. The van der Waals surface area contributed by atoms with Gasteiger partial charge in [0.1, 0.15) is 0 Å². The molecular weight excluding hydrogens is 575 g/mol. The third-order valence-corrected chi connectivity index (χ3v) is 5.82. The van der Waals surface area contributed by atoms with Gasteiger partial charge in [0.2, 0.25) is 0 Å². The normalized spacial score (nSPS) is 16.8. The van der Waals surface area contributed by atoms with Gasteiger partial charge < -0.3 is 14.9 Å². The second kappa shape index (κ2) is 20.1. The minimum atomic E-state index is 0. The van der Waals surface area contributed by atoms with Gasteiger partial charge in [-0.1, -0.05) is 102 Å². The summed E-state index contributed by atoms with van der Waals surface area (Å²) in [5.74, 6) is 0.926. The molecule has 196 valence electrons. The second-order valence-electron chi connectivity index (χ2n) is 8.38. The fraction of sp³-hybridized carbons (Fsp3) is 0.312. The van der Waals surface area contributed by atoms with E-state index < -0.39 is 0 Å². The maximum atomic E-state index is 3.43. The summed E-state index contributed by atoms with van der Waals surface area (Å²) in [4.78, 5) is 0. The molecule has 2 unspecified atom stereocenters. The number of allylic oxidation sites excluding steroid dienone is 8. The Kier molecular flexibility index (Phi) is 22.1. The second-order valence-corrected chi connectivity index (χ2v) is 8.38. The molecule has 2 aliphatic carbocycles. The molecule has 0 nitrogen and oxygen atoms in total. The first-order valence-electron chi connectivity index (χ1n) is 11.5. The van der Waals surface area contributed by atoms with Gasteiger partial charge in [-0.2, -0.15) is 23.3 Å². The molecule has 0 spiro atoms. The van der Waals surface area contributed by atoms with Crippen molar-refractivity contribution >= 4 is 42.8 Å². The first-order chi connectivity index (χ1) is 15.4. The molecule has 2 aromatic rings. The Labute approximate surface area is 251 Å². The summed E-state index contributed by atoms with van der Waals surface area (Å²) < 4.78 is 0. The minimum absolute atomic E-state index is 0. The van der Waals surface area contributed by atoms with Gasteiger partial charge in [-0.15, -0.1) is 35.9 Å². The summed E-state index contributed by atoms with van der Waals surface area (Å²) >= 11 is 1.36. The van der Waals surface area contributed by atoms with Gasteiger partial charge in [0.25, 0.3) is 0 Å². The van der Waals surface area contributed by atoms with Gasteiger partial charge >= 0.3 is 30.2 Å². The van der Waals surface area contributed by atoms with Crippen LogP contribution in [0.5, 0.6) is 0 Å².